The number of rotatable bonds is 2. The Balaban J connectivity index is 1.83. The number of nitrogens with one attached hydrogen (secondary N) is 1. The van der Waals surface area contributed by atoms with Crippen LogP contribution in [0.5, 0.6) is 0 Å². The molecule has 0 spiro atoms. The third-order valence-corrected chi connectivity index (χ3v) is 3.08. The maximum absolute atomic E-state index is 5.33. The first-order valence-corrected chi connectivity index (χ1v) is 6.06. The Bertz CT molecular complexity index is 474. The van der Waals surface area contributed by atoms with Gasteiger partial charge in [-0.15, -0.1) is 0 Å². The third kappa shape index (κ3) is 2.22. The zero-order valence-electron chi connectivity index (χ0n) is 9.60. The summed E-state index contributed by atoms with van der Waals surface area (Å²) in [6, 6.07) is 10.1. The van der Waals surface area contributed by atoms with Crippen molar-refractivity contribution in [2.75, 3.05) is 6.54 Å². The van der Waals surface area contributed by atoms with Crippen molar-refractivity contribution < 1.29 is 4.52 Å². The highest BCUT2D eigenvalue weighted by Crippen LogP contribution is 2.23. The minimum Gasteiger partial charge on any atom is -0.337 e. The van der Waals surface area contributed by atoms with Crippen molar-refractivity contribution in [3.8, 4) is 11.4 Å². The molecule has 1 aliphatic rings. The monoisotopic (exact) mass is 229 g/mol. The average Bonchev–Trinajstić information content (AvgIpc) is 2.90. The van der Waals surface area contributed by atoms with Crippen molar-refractivity contribution in [2.24, 2.45) is 0 Å². The molecular formula is C13H15N3O. The van der Waals surface area contributed by atoms with Gasteiger partial charge in [0.05, 0.1) is 6.04 Å². The van der Waals surface area contributed by atoms with Crippen LogP contribution in [-0.2, 0) is 0 Å². The first kappa shape index (κ1) is 10.5. The van der Waals surface area contributed by atoms with Crippen LogP contribution in [0.25, 0.3) is 11.4 Å². The summed E-state index contributed by atoms with van der Waals surface area (Å²) in [5, 5.41) is 7.44. The molecule has 1 atom stereocenters. The third-order valence-electron chi connectivity index (χ3n) is 3.08. The predicted octanol–water partition coefficient (Wildman–Crippen LogP) is 2.55. The summed E-state index contributed by atoms with van der Waals surface area (Å²) in [6.45, 7) is 1.04. The Kier molecular flexibility index (Phi) is 2.88. The molecule has 1 aromatic heterocycles. The van der Waals surface area contributed by atoms with Gasteiger partial charge in [0.25, 0.3) is 0 Å². The van der Waals surface area contributed by atoms with E-state index in [9.17, 15) is 0 Å². The largest absolute Gasteiger partial charge is 0.337 e. The standard InChI is InChI=1S/C13H15N3O/c1-2-6-10(7-3-1)12-15-13(17-16-12)11-8-4-5-9-14-11/h1-3,6-7,11,14H,4-5,8-9H2/t11-/m0/s1. The number of piperidine rings is 1. The Morgan fingerprint density at radius 2 is 2.06 bits per heavy atom. The summed E-state index contributed by atoms with van der Waals surface area (Å²) in [6.07, 6.45) is 3.54. The molecule has 1 fully saturated rings. The Morgan fingerprint density at radius 3 is 2.82 bits per heavy atom. The Hall–Kier alpha value is -1.68. The molecule has 1 saturated heterocycles. The molecule has 0 radical (unpaired) electrons. The molecule has 2 heterocycles. The first-order chi connectivity index (χ1) is 8.43. The lowest BCUT2D eigenvalue weighted by Gasteiger charge is -2.19. The SMILES string of the molecule is c1ccc(-c2noc([C@@H]3CCCCN3)n2)cc1. The van der Waals surface area contributed by atoms with E-state index in [-0.39, 0.29) is 6.04 Å². The van der Waals surface area contributed by atoms with E-state index < -0.39 is 0 Å². The summed E-state index contributed by atoms with van der Waals surface area (Å²) in [5.74, 6) is 1.39. The summed E-state index contributed by atoms with van der Waals surface area (Å²) in [7, 11) is 0. The molecule has 2 aromatic rings. The molecule has 0 aliphatic carbocycles. The van der Waals surface area contributed by atoms with Crippen LogP contribution in [-0.4, -0.2) is 16.7 Å². The lowest BCUT2D eigenvalue weighted by molar-refractivity contribution is 0.297. The van der Waals surface area contributed by atoms with Crippen molar-refractivity contribution >= 4 is 0 Å². The van der Waals surface area contributed by atoms with Crippen LogP contribution in [0.1, 0.15) is 31.2 Å². The lowest BCUT2D eigenvalue weighted by atomic mass is 10.1. The Labute approximate surface area is 100 Å². The number of hydrogen-bond acceptors (Lipinski definition) is 4. The van der Waals surface area contributed by atoms with Crippen molar-refractivity contribution in [2.45, 2.75) is 25.3 Å². The second-order valence-corrected chi connectivity index (χ2v) is 4.32. The van der Waals surface area contributed by atoms with Gasteiger partial charge in [0, 0.05) is 5.56 Å². The van der Waals surface area contributed by atoms with E-state index in [1.807, 2.05) is 30.3 Å². The molecule has 1 aromatic carbocycles. The van der Waals surface area contributed by atoms with Crippen LogP contribution in [0.2, 0.25) is 0 Å². The van der Waals surface area contributed by atoms with Gasteiger partial charge in [-0.2, -0.15) is 4.98 Å². The second kappa shape index (κ2) is 4.67. The van der Waals surface area contributed by atoms with Gasteiger partial charge in [-0.1, -0.05) is 41.9 Å². The van der Waals surface area contributed by atoms with Crippen molar-refractivity contribution in [3.63, 3.8) is 0 Å². The molecule has 4 heteroatoms. The Morgan fingerprint density at radius 1 is 1.18 bits per heavy atom. The highest BCUT2D eigenvalue weighted by molar-refractivity contribution is 5.53. The van der Waals surface area contributed by atoms with E-state index in [0.717, 1.165) is 18.5 Å². The molecule has 1 aliphatic heterocycles. The van der Waals surface area contributed by atoms with Gasteiger partial charge < -0.3 is 9.84 Å². The minimum absolute atomic E-state index is 0.230. The number of aromatic nitrogens is 2. The lowest BCUT2D eigenvalue weighted by Crippen LogP contribution is -2.26. The minimum atomic E-state index is 0.230. The summed E-state index contributed by atoms with van der Waals surface area (Å²) < 4.78 is 5.33. The molecule has 4 nitrogen and oxygen atoms in total. The van der Waals surface area contributed by atoms with Crippen LogP contribution in [0, 0.1) is 0 Å². The van der Waals surface area contributed by atoms with Crippen LogP contribution >= 0.6 is 0 Å². The van der Waals surface area contributed by atoms with Crippen LogP contribution in [0.3, 0.4) is 0 Å². The van der Waals surface area contributed by atoms with Gasteiger partial charge in [-0.25, -0.2) is 0 Å². The first-order valence-electron chi connectivity index (χ1n) is 6.06. The van der Waals surface area contributed by atoms with E-state index in [1.54, 1.807) is 0 Å². The van der Waals surface area contributed by atoms with E-state index in [1.165, 1.54) is 12.8 Å². The molecule has 0 amide bonds. The predicted molar refractivity (Wildman–Crippen MR) is 64.3 cm³/mol. The molecule has 3 rings (SSSR count). The normalized spacial score (nSPS) is 20.4. The number of benzene rings is 1. The zero-order valence-corrected chi connectivity index (χ0v) is 9.60. The fourth-order valence-electron chi connectivity index (χ4n) is 2.14. The topological polar surface area (TPSA) is 51.0 Å². The summed E-state index contributed by atoms with van der Waals surface area (Å²) in [4.78, 5) is 4.46. The van der Waals surface area contributed by atoms with E-state index in [4.69, 9.17) is 4.52 Å². The van der Waals surface area contributed by atoms with Gasteiger partial charge >= 0.3 is 0 Å². The van der Waals surface area contributed by atoms with Crippen molar-refractivity contribution in [3.05, 3.63) is 36.2 Å². The maximum Gasteiger partial charge on any atom is 0.244 e. The fourth-order valence-corrected chi connectivity index (χ4v) is 2.14. The number of hydrogen-bond donors (Lipinski definition) is 1. The van der Waals surface area contributed by atoms with E-state index >= 15 is 0 Å². The van der Waals surface area contributed by atoms with E-state index in [0.29, 0.717) is 11.7 Å². The van der Waals surface area contributed by atoms with Crippen LogP contribution < -0.4 is 5.32 Å². The van der Waals surface area contributed by atoms with Crippen LogP contribution in [0.4, 0.5) is 0 Å². The maximum atomic E-state index is 5.33. The van der Waals surface area contributed by atoms with Gasteiger partial charge in [-0.05, 0) is 19.4 Å². The second-order valence-electron chi connectivity index (χ2n) is 4.32. The highest BCUT2D eigenvalue weighted by atomic mass is 16.5. The average molecular weight is 229 g/mol. The van der Waals surface area contributed by atoms with Gasteiger partial charge in [0.1, 0.15) is 0 Å². The smallest absolute Gasteiger partial charge is 0.244 e. The quantitative estimate of drug-likeness (QED) is 0.859. The molecule has 0 unspecified atom stereocenters. The van der Waals surface area contributed by atoms with Gasteiger partial charge in [0.2, 0.25) is 11.7 Å². The van der Waals surface area contributed by atoms with E-state index in [2.05, 4.69) is 15.5 Å². The molecule has 0 bridgehead atoms. The van der Waals surface area contributed by atoms with Crippen LogP contribution in [0.15, 0.2) is 34.9 Å². The molecule has 88 valence electrons. The van der Waals surface area contributed by atoms with Gasteiger partial charge in [-0.3, -0.25) is 0 Å². The number of nitrogens with zero attached hydrogens (tertiary/aromatic N) is 2. The fraction of sp³-hybridized carbons (Fsp3) is 0.385. The highest BCUT2D eigenvalue weighted by Gasteiger charge is 2.21. The summed E-state index contributed by atoms with van der Waals surface area (Å²) >= 11 is 0. The molecule has 17 heavy (non-hydrogen) atoms. The molecule has 1 N–H and O–H groups in total. The molecular weight excluding hydrogens is 214 g/mol. The van der Waals surface area contributed by atoms with Crippen molar-refractivity contribution in [1.29, 1.82) is 0 Å². The molecule has 0 saturated carbocycles. The van der Waals surface area contributed by atoms with Gasteiger partial charge in [0.15, 0.2) is 0 Å². The summed E-state index contributed by atoms with van der Waals surface area (Å²) in [5.41, 5.74) is 0.998. The zero-order chi connectivity index (χ0) is 11.5. The van der Waals surface area contributed by atoms with Crippen molar-refractivity contribution in [1.82, 2.24) is 15.5 Å².